The second-order valence-electron chi connectivity index (χ2n) is 4.12. The summed E-state index contributed by atoms with van der Waals surface area (Å²) in [6, 6.07) is 0. The molecule has 0 radical (unpaired) electrons. The van der Waals surface area contributed by atoms with Gasteiger partial charge in [-0.3, -0.25) is 9.59 Å². The Hall–Kier alpha value is -0.990. The van der Waals surface area contributed by atoms with E-state index < -0.39 is 5.41 Å². The maximum atomic E-state index is 11.6. The molecular weight excluding hydrogens is 180 g/mol. The summed E-state index contributed by atoms with van der Waals surface area (Å²) >= 11 is 0. The van der Waals surface area contributed by atoms with Crippen LogP contribution in [0.3, 0.4) is 0 Å². The van der Waals surface area contributed by atoms with E-state index in [1.165, 1.54) is 13.8 Å². The van der Waals surface area contributed by atoms with Gasteiger partial charge in [-0.05, 0) is 33.1 Å². The molecule has 0 unspecified atom stereocenters. The number of rotatable bonds is 4. The fourth-order valence-electron chi connectivity index (χ4n) is 2.13. The van der Waals surface area contributed by atoms with Gasteiger partial charge in [-0.25, -0.2) is 0 Å². The zero-order valence-corrected chi connectivity index (χ0v) is 8.76. The minimum absolute atomic E-state index is 0.0336. The molecule has 0 bridgehead atoms. The average Bonchev–Trinajstić information content (AvgIpc) is 2.44. The van der Waals surface area contributed by atoms with Crippen molar-refractivity contribution in [3.05, 3.63) is 0 Å². The first-order valence-electron chi connectivity index (χ1n) is 5.03. The number of ketones is 3. The second-order valence-corrected chi connectivity index (χ2v) is 4.12. The lowest BCUT2D eigenvalue weighted by Gasteiger charge is -2.23. The SMILES string of the molecule is CC(=O)CC[C@@]1(C(C)=O)CCCC1=O. The van der Waals surface area contributed by atoms with E-state index in [1.807, 2.05) is 0 Å². The van der Waals surface area contributed by atoms with Crippen LogP contribution >= 0.6 is 0 Å². The molecule has 1 rings (SSSR count). The molecule has 0 aliphatic heterocycles. The molecule has 14 heavy (non-hydrogen) atoms. The van der Waals surface area contributed by atoms with Crippen molar-refractivity contribution < 1.29 is 14.4 Å². The normalized spacial score (nSPS) is 26.6. The molecule has 1 atom stereocenters. The lowest BCUT2D eigenvalue weighted by molar-refractivity contribution is -0.138. The molecule has 0 aromatic rings. The van der Waals surface area contributed by atoms with Gasteiger partial charge in [0, 0.05) is 12.8 Å². The fourth-order valence-corrected chi connectivity index (χ4v) is 2.13. The quantitative estimate of drug-likeness (QED) is 0.643. The molecule has 1 saturated carbocycles. The van der Waals surface area contributed by atoms with Crippen molar-refractivity contribution in [3.8, 4) is 0 Å². The highest BCUT2D eigenvalue weighted by Crippen LogP contribution is 2.39. The van der Waals surface area contributed by atoms with Crippen LogP contribution in [0.2, 0.25) is 0 Å². The summed E-state index contributed by atoms with van der Waals surface area (Å²) in [6.07, 6.45) is 2.67. The van der Waals surface area contributed by atoms with Gasteiger partial charge in [0.15, 0.2) is 0 Å². The van der Waals surface area contributed by atoms with Crippen LogP contribution in [0.4, 0.5) is 0 Å². The van der Waals surface area contributed by atoms with E-state index in [0.29, 0.717) is 25.7 Å². The third-order valence-corrected chi connectivity index (χ3v) is 3.12. The van der Waals surface area contributed by atoms with E-state index in [4.69, 9.17) is 0 Å². The summed E-state index contributed by atoms with van der Waals surface area (Å²) in [5.41, 5.74) is -0.814. The lowest BCUT2D eigenvalue weighted by atomic mass is 9.77. The first-order valence-corrected chi connectivity index (χ1v) is 5.03. The van der Waals surface area contributed by atoms with Gasteiger partial charge in [0.2, 0.25) is 0 Å². The molecule has 3 nitrogen and oxygen atoms in total. The minimum Gasteiger partial charge on any atom is -0.300 e. The van der Waals surface area contributed by atoms with Crippen molar-refractivity contribution in [1.82, 2.24) is 0 Å². The molecule has 0 spiro atoms. The van der Waals surface area contributed by atoms with Gasteiger partial charge in [-0.2, -0.15) is 0 Å². The van der Waals surface area contributed by atoms with Gasteiger partial charge in [0.25, 0.3) is 0 Å². The van der Waals surface area contributed by atoms with Crippen LogP contribution in [-0.2, 0) is 14.4 Å². The number of Topliss-reactive ketones (excluding diaryl/α,β-unsaturated/α-hetero) is 3. The summed E-state index contributed by atoms with van der Waals surface area (Å²) in [6.45, 7) is 2.95. The van der Waals surface area contributed by atoms with E-state index in [0.717, 1.165) is 6.42 Å². The molecule has 0 aromatic carbocycles. The van der Waals surface area contributed by atoms with Gasteiger partial charge in [-0.15, -0.1) is 0 Å². The van der Waals surface area contributed by atoms with Crippen LogP contribution in [0.15, 0.2) is 0 Å². The maximum absolute atomic E-state index is 11.6. The van der Waals surface area contributed by atoms with Gasteiger partial charge >= 0.3 is 0 Å². The predicted molar refractivity (Wildman–Crippen MR) is 51.9 cm³/mol. The van der Waals surface area contributed by atoms with Crippen molar-refractivity contribution in [3.63, 3.8) is 0 Å². The van der Waals surface area contributed by atoms with Crippen molar-refractivity contribution >= 4 is 17.3 Å². The highest BCUT2D eigenvalue weighted by atomic mass is 16.2. The third-order valence-electron chi connectivity index (χ3n) is 3.12. The maximum Gasteiger partial charge on any atom is 0.146 e. The molecule has 0 aromatic heterocycles. The number of hydrogen-bond acceptors (Lipinski definition) is 3. The average molecular weight is 196 g/mol. The van der Waals surface area contributed by atoms with Crippen molar-refractivity contribution in [2.45, 2.75) is 46.0 Å². The Morgan fingerprint density at radius 2 is 2.00 bits per heavy atom. The Morgan fingerprint density at radius 1 is 1.36 bits per heavy atom. The minimum atomic E-state index is -0.814. The van der Waals surface area contributed by atoms with Crippen LogP contribution in [0.1, 0.15) is 46.0 Å². The predicted octanol–water partition coefficient (Wildman–Crippen LogP) is 1.68. The van der Waals surface area contributed by atoms with Crippen molar-refractivity contribution in [2.24, 2.45) is 5.41 Å². The van der Waals surface area contributed by atoms with Gasteiger partial charge in [0.1, 0.15) is 17.3 Å². The molecular formula is C11H16O3. The Labute approximate surface area is 83.9 Å². The van der Waals surface area contributed by atoms with E-state index >= 15 is 0 Å². The van der Waals surface area contributed by atoms with Crippen LogP contribution in [-0.4, -0.2) is 17.3 Å². The van der Waals surface area contributed by atoms with Crippen molar-refractivity contribution in [2.75, 3.05) is 0 Å². The highest BCUT2D eigenvalue weighted by Gasteiger charge is 2.45. The van der Waals surface area contributed by atoms with Gasteiger partial charge in [0.05, 0.1) is 5.41 Å². The number of hydrogen-bond donors (Lipinski definition) is 0. The Kier molecular flexibility index (Phi) is 3.19. The van der Waals surface area contributed by atoms with Crippen LogP contribution in [0, 0.1) is 5.41 Å². The summed E-state index contributed by atoms with van der Waals surface area (Å²) in [5.74, 6) is 0.0119. The first-order chi connectivity index (χ1) is 6.49. The molecule has 78 valence electrons. The molecule has 1 fully saturated rings. The van der Waals surface area contributed by atoms with Crippen LogP contribution < -0.4 is 0 Å². The Balaban J connectivity index is 2.77. The number of carbonyl (C=O) groups excluding carboxylic acids is 3. The molecule has 3 heteroatoms. The number of carbonyl (C=O) groups is 3. The molecule has 1 aliphatic rings. The zero-order chi connectivity index (χ0) is 10.8. The van der Waals surface area contributed by atoms with E-state index in [1.54, 1.807) is 0 Å². The molecule has 0 amide bonds. The van der Waals surface area contributed by atoms with Crippen LogP contribution in [0.25, 0.3) is 0 Å². The standard InChI is InChI=1S/C11H16O3/c1-8(12)5-7-11(9(2)13)6-3-4-10(11)14/h3-7H2,1-2H3/t11-/m1/s1. The van der Waals surface area contributed by atoms with Gasteiger partial charge in [-0.1, -0.05) is 0 Å². The summed E-state index contributed by atoms with van der Waals surface area (Å²) in [5, 5.41) is 0. The van der Waals surface area contributed by atoms with E-state index in [-0.39, 0.29) is 17.3 Å². The molecule has 0 heterocycles. The van der Waals surface area contributed by atoms with Gasteiger partial charge < -0.3 is 4.79 Å². The molecule has 0 saturated heterocycles. The second kappa shape index (κ2) is 4.03. The largest absolute Gasteiger partial charge is 0.300 e. The lowest BCUT2D eigenvalue weighted by Crippen LogP contribution is -2.33. The summed E-state index contributed by atoms with van der Waals surface area (Å²) in [4.78, 5) is 33.9. The van der Waals surface area contributed by atoms with Crippen molar-refractivity contribution in [1.29, 1.82) is 0 Å². The third kappa shape index (κ3) is 1.91. The summed E-state index contributed by atoms with van der Waals surface area (Å²) < 4.78 is 0. The summed E-state index contributed by atoms with van der Waals surface area (Å²) in [7, 11) is 0. The Bertz CT molecular complexity index is 280. The van der Waals surface area contributed by atoms with E-state index in [9.17, 15) is 14.4 Å². The Morgan fingerprint density at radius 3 is 2.36 bits per heavy atom. The highest BCUT2D eigenvalue weighted by molar-refractivity contribution is 6.07. The zero-order valence-electron chi connectivity index (χ0n) is 8.76. The topological polar surface area (TPSA) is 51.2 Å². The van der Waals surface area contributed by atoms with E-state index in [2.05, 4.69) is 0 Å². The fraction of sp³-hybridized carbons (Fsp3) is 0.727. The smallest absolute Gasteiger partial charge is 0.146 e. The first kappa shape index (κ1) is 11.1. The molecule has 1 aliphatic carbocycles. The monoisotopic (exact) mass is 196 g/mol. The van der Waals surface area contributed by atoms with Crippen LogP contribution in [0.5, 0.6) is 0 Å². The molecule has 0 N–H and O–H groups in total.